The molecule has 0 aliphatic heterocycles. The minimum Gasteiger partial charge on any atom is -0.480 e. The SMILES string of the molecule is O=C(NC1(C(=O)O)CCCCC1)c1cccc(-n2cccn2)n1. The van der Waals surface area contributed by atoms with Gasteiger partial charge in [-0.1, -0.05) is 25.3 Å². The van der Waals surface area contributed by atoms with Gasteiger partial charge in [-0.05, 0) is 31.0 Å². The van der Waals surface area contributed by atoms with Crippen LogP contribution in [0, 0.1) is 0 Å². The number of aromatic nitrogens is 3. The standard InChI is InChI=1S/C16H18N4O3/c21-14(19-16(15(22)23)8-2-1-3-9-16)12-6-4-7-13(18-12)20-11-5-10-17-20/h4-7,10-11H,1-3,8-9H2,(H,19,21)(H,22,23). The van der Waals surface area contributed by atoms with Gasteiger partial charge in [-0.2, -0.15) is 5.10 Å². The number of pyridine rings is 1. The summed E-state index contributed by atoms with van der Waals surface area (Å²) >= 11 is 0. The average Bonchev–Trinajstić information content (AvgIpc) is 3.10. The van der Waals surface area contributed by atoms with Gasteiger partial charge in [-0.15, -0.1) is 0 Å². The molecule has 0 aromatic carbocycles. The van der Waals surface area contributed by atoms with Crippen molar-refractivity contribution < 1.29 is 14.7 Å². The Kier molecular flexibility index (Phi) is 4.10. The van der Waals surface area contributed by atoms with Crippen LogP contribution in [0.4, 0.5) is 0 Å². The van der Waals surface area contributed by atoms with Crippen LogP contribution in [0.3, 0.4) is 0 Å². The Morgan fingerprint density at radius 3 is 2.61 bits per heavy atom. The normalized spacial score (nSPS) is 16.7. The van der Waals surface area contributed by atoms with Crippen molar-refractivity contribution in [1.29, 1.82) is 0 Å². The van der Waals surface area contributed by atoms with Crippen molar-refractivity contribution in [2.45, 2.75) is 37.6 Å². The molecule has 7 heteroatoms. The number of carboxylic acids is 1. The summed E-state index contributed by atoms with van der Waals surface area (Å²) in [6.07, 6.45) is 6.85. The van der Waals surface area contributed by atoms with Crippen molar-refractivity contribution in [1.82, 2.24) is 20.1 Å². The van der Waals surface area contributed by atoms with E-state index in [1.165, 1.54) is 0 Å². The summed E-state index contributed by atoms with van der Waals surface area (Å²) in [5.74, 6) is -0.937. The minimum atomic E-state index is -1.18. The number of aliphatic carboxylic acids is 1. The van der Waals surface area contributed by atoms with Gasteiger partial charge in [0.1, 0.15) is 11.2 Å². The third-order valence-electron chi connectivity index (χ3n) is 4.18. The van der Waals surface area contributed by atoms with E-state index in [0.717, 1.165) is 19.3 Å². The monoisotopic (exact) mass is 314 g/mol. The summed E-state index contributed by atoms with van der Waals surface area (Å²) in [6.45, 7) is 0. The summed E-state index contributed by atoms with van der Waals surface area (Å²) in [5.41, 5.74) is -0.997. The van der Waals surface area contributed by atoms with E-state index in [4.69, 9.17) is 0 Å². The van der Waals surface area contributed by atoms with Gasteiger partial charge in [0.05, 0.1) is 0 Å². The maximum absolute atomic E-state index is 12.5. The number of nitrogens with one attached hydrogen (secondary N) is 1. The first kappa shape index (κ1) is 15.2. The summed E-state index contributed by atoms with van der Waals surface area (Å²) in [5, 5.41) is 16.3. The Morgan fingerprint density at radius 1 is 1.17 bits per heavy atom. The van der Waals surface area contributed by atoms with Crippen LogP contribution in [0.25, 0.3) is 5.82 Å². The number of hydrogen-bond donors (Lipinski definition) is 2. The fraction of sp³-hybridized carbons (Fsp3) is 0.375. The van der Waals surface area contributed by atoms with E-state index in [1.807, 2.05) is 0 Å². The Hall–Kier alpha value is -2.70. The van der Waals surface area contributed by atoms with Crippen molar-refractivity contribution >= 4 is 11.9 Å². The van der Waals surface area contributed by atoms with E-state index in [2.05, 4.69) is 15.4 Å². The van der Waals surface area contributed by atoms with Gasteiger partial charge in [0.25, 0.3) is 5.91 Å². The number of amides is 1. The van der Waals surface area contributed by atoms with Crippen molar-refractivity contribution in [2.75, 3.05) is 0 Å². The lowest BCUT2D eigenvalue weighted by molar-refractivity contribution is -0.145. The Balaban J connectivity index is 1.83. The van der Waals surface area contributed by atoms with E-state index in [1.54, 1.807) is 41.3 Å². The van der Waals surface area contributed by atoms with Gasteiger partial charge < -0.3 is 10.4 Å². The molecule has 1 fully saturated rings. The molecular formula is C16H18N4O3. The maximum atomic E-state index is 12.5. The number of carboxylic acid groups (broad SMARTS) is 1. The number of carbonyl (C=O) groups excluding carboxylic acids is 1. The van der Waals surface area contributed by atoms with Crippen LogP contribution in [-0.2, 0) is 4.79 Å². The van der Waals surface area contributed by atoms with Crippen LogP contribution in [0.5, 0.6) is 0 Å². The molecule has 23 heavy (non-hydrogen) atoms. The lowest BCUT2D eigenvalue weighted by Crippen LogP contribution is -2.55. The van der Waals surface area contributed by atoms with E-state index >= 15 is 0 Å². The zero-order valence-electron chi connectivity index (χ0n) is 12.6. The fourth-order valence-corrected chi connectivity index (χ4v) is 2.91. The van der Waals surface area contributed by atoms with Crippen LogP contribution in [0.15, 0.2) is 36.7 Å². The summed E-state index contributed by atoms with van der Waals surface area (Å²) in [4.78, 5) is 28.4. The van der Waals surface area contributed by atoms with Gasteiger partial charge in [-0.3, -0.25) is 4.79 Å². The highest BCUT2D eigenvalue weighted by Gasteiger charge is 2.41. The Morgan fingerprint density at radius 2 is 1.96 bits per heavy atom. The highest BCUT2D eigenvalue weighted by Crippen LogP contribution is 2.28. The molecule has 2 aromatic rings. The second kappa shape index (κ2) is 6.20. The van der Waals surface area contributed by atoms with E-state index in [0.29, 0.717) is 18.7 Å². The first-order chi connectivity index (χ1) is 11.1. The zero-order valence-corrected chi connectivity index (χ0v) is 12.6. The lowest BCUT2D eigenvalue weighted by Gasteiger charge is -2.33. The molecule has 0 bridgehead atoms. The number of rotatable bonds is 4. The van der Waals surface area contributed by atoms with Crippen LogP contribution < -0.4 is 5.32 Å². The van der Waals surface area contributed by atoms with Crippen molar-refractivity contribution in [3.05, 3.63) is 42.4 Å². The summed E-state index contributed by atoms with van der Waals surface area (Å²) < 4.78 is 1.55. The quantitative estimate of drug-likeness (QED) is 0.896. The number of nitrogens with zero attached hydrogens (tertiary/aromatic N) is 3. The molecule has 2 heterocycles. The molecule has 1 amide bonds. The Bertz CT molecular complexity index is 706. The molecule has 1 aliphatic rings. The van der Waals surface area contributed by atoms with E-state index in [-0.39, 0.29) is 5.69 Å². The van der Waals surface area contributed by atoms with Gasteiger partial charge in [-0.25, -0.2) is 14.5 Å². The lowest BCUT2D eigenvalue weighted by atomic mass is 9.81. The molecule has 120 valence electrons. The molecule has 0 atom stereocenters. The van der Waals surface area contributed by atoms with Crippen LogP contribution in [0.1, 0.15) is 42.6 Å². The smallest absolute Gasteiger partial charge is 0.329 e. The fourth-order valence-electron chi connectivity index (χ4n) is 2.91. The molecular weight excluding hydrogens is 296 g/mol. The van der Waals surface area contributed by atoms with E-state index in [9.17, 15) is 14.7 Å². The van der Waals surface area contributed by atoms with Crippen LogP contribution in [-0.4, -0.2) is 37.3 Å². The molecule has 7 nitrogen and oxygen atoms in total. The maximum Gasteiger partial charge on any atom is 0.329 e. The highest BCUT2D eigenvalue weighted by atomic mass is 16.4. The van der Waals surface area contributed by atoms with Gasteiger partial charge in [0.15, 0.2) is 5.82 Å². The van der Waals surface area contributed by atoms with E-state index < -0.39 is 17.4 Å². The summed E-state index contributed by atoms with van der Waals surface area (Å²) in [7, 11) is 0. The van der Waals surface area contributed by atoms with Crippen molar-refractivity contribution in [3.63, 3.8) is 0 Å². The molecule has 2 aromatic heterocycles. The molecule has 0 unspecified atom stereocenters. The van der Waals surface area contributed by atoms with Crippen LogP contribution in [0.2, 0.25) is 0 Å². The summed E-state index contributed by atoms with van der Waals surface area (Å²) in [6, 6.07) is 6.77. The molecule has 3 rings (SSSR count). The first-order valence-corrected chi connectivity index (χ1v) is 7.64. The molecule has 0 saturated heterocycles. The van der Waals surface area contributed by atoms with Gasteiger partial charge in [0, 0.05) is 12.4 Å². The first-order valence-electron chi connectivity index (χ1n) is 7.64. The third kappa shape index (κ3) is 3.08. The second-order valence-corrected chi connectivity index (χ2v) is 5.73. The molecule has 0 radical (unpaired) electrons. The Labute approximate surface area is 133 Å². The third-order valence-corrected chi connectivity index (χ3v) is 4.18. The average molecular weight is 314 g/mol. The van der Waals surface area contributed by atoms with Gasteiger partial charge in [0.2, 0.25) is 0 Å². The topological polar surface area (TPSA) is 97.1 Å². The molecule has 1 saturated carbocycles. The van der Waals surface area contributed by atoms with Crippen LogP contribution >= 0.6 is 0 Å². The zero-order chi connectivity index (χ0) is 16.3. The molecule has 0 spiro atoms. The predicted molar refractivity (Wildman–Crippen MR) is 82.3 cm³/mol. The second-order valence-electron chi connectivity index (χ2n) is 5.73. The molecule has 2 N–H and O–H groups in total. The molecule has 1 aliphatic carbocycles. The minimum absolute atomic E-state index is 0.184. The largest absolute Gasteiger partial charge is 0.480 e. The highest BCUT2D eigenvalue weighted by molar-refractivity contribution is 5.96. The van der Waals surface area contributed by atoms with Crippen molar-refractivity contribution in [2.24, 2.45) is 0 Å². The predicted octanol–water partition coefficient (Wildman–Crippen LogP) is 1.78. The number of carbonyl (C=O) groups is 2. The van der Waals surface area contributed by atoms with Crippen molar-refractivity contribution in [3.8, 4) is 5.82 Å². The number of hydrogen-bond acceptors (Lipinski definition) is 4. The van der Waals surface area contributed by atoms with Gasteiger partial charge >= 0.3 is 5.97 Å².